The lowest BCUT2D eigenvalue weighted by molar-refractivity contribution is 0.259. The lowest BCUT2D eigenvalue weighted by Gasteiger charge is -2.16. The van der Waals surface area contributed by atoms with Gasteiger partial charge in [0.15, 0.2) is 5.96 Å². The van der Waals surface area contributed by atoms with Gasteiger partial charge >= 0.3 is 0 Å². The molecule has 0 aliphatic rings. The Hall–Kier alpha value is -1.87. The molecule has 7 heteroatoms. The van der Waals surface area contributed by atoms with Crippen LogP contribution in [0.1, 0.15) is 11.1 Å². The fraction of sp³-hybridized carbons (Fsp3) is 0.381. The van der Waals surface area contributed by atoms with E-state index in [4.69, 9.17) is 4.74 Å². The molecular formula is C21H30FIN4O. The second-order valence-electron chi connectivity index (χ2n) is 6.49. The average Bonchev–Trinajstić information content (AvgIpc) is 2.65. The minimum absolute atomic E-state index is 0. The van der Waals surface area contributed by atoms with Gasteiger partial charge in [-0.15, -0.1) is 24.0 Å². The number of nitrogens with zero attached hydrogens (tertiary/aromatic N) is 2. The smallest absolute Gasteiger partial charge is 0.191 e. The summed E-state index contributed by atoms with van der Waals surface area (Å²) >= 11 is 0. The topological polar surface area (TPSA) is 48.9 Å². The van der Waals surface area contributed by atoms with E-state index in [1.165, 1.54) is 6.07 Å². The van der Waals surface area contributed by atoms with Crippen LogP contribution in [0.3, 0.4) is 0 Å². The molecule has 0 aliphatic heterocycles. The van der Waals surface area contributed by atoms with Crippen LogP contribution in [0.15, 0.2) is 53.5 Å². The van der Waals surface area contributed by atoms with Gasteiger partial charge in [-0.3, -0.25) is 4.99 Å². The Bertz CT molecular complexity index is 740. The molecule has 0 heterocycles. The van der Waals surface area contributed by atoms with Crippen LogP contribution in [0.5, 0.6) is 5.75 Å². The zero-order valence-corrected chi connectivity index (χ0v) is 19.1. The maximum Gasteiger partial charge on any atom is 0.191 e. The van der Waals surface area contributed by atoms with Crippen LogP contribution in [-0.2, 0) is 13.0 Å². The fourth-order valence-electron chi connectivity index (χ4n) is 2.55. The van der Waals surface area contributed by atoms with Crippen molar-refractivity contribution in [3.05, 3.63) is 65.5 Å². The predicted molar refractivity (Wildman–Crippen MR) is 124 cm³/mol. The number of ether oxygens (including phenoxy) is 1. The van der Waals surface area contributed by atoms with Crippen molar-refractivity contribution in [1.82, 2.24) is 15.5 Å². The fourth-order valence-corrected chi connectivity index (χ4v) is 2.55. The Balaban J connectivity index is 0.00000392. The SMILES string of the molecule is CN=C(NCCc1cccc(F)c1)NCc1ccccc1OCCN(C)C.I. The molecule has 2 aromatic carbocycles. The number of likely N-dealkylation sites (N-methyl/N-ethyl adjacent to an activating group) is 1. The number of guanidine groups is 1. The third-order valence-electron chi connectivity index (χ3n) is 4.03. The molecule has 0 amide bonds. The first-order valence-corrected chi connectivity index (χ1v) is 9.13. The normalized spacial score (nSPS) is 11.1. The third kappa shape index (κ3) is 8.88. The van der Waals surface area contributed by atoms with Gasteiger partial charge in [0.25, 0.3) is 0 Å². The molecule has 0 aliphatic carbocycles. The van der Waals surface area contributed by atoms with Crippen molar-refractivity contribution in [1.29, 1.82) is 0 Å². The number of benzene rings is 2. The number of para-hydroxylation sites is 1. The number of hydrogen-bond acceptors (Lipinski definition) is 3. The van der Waals surface area contributed by atoms with Crippen molar-refractivity contribution < 1.29 is 9.13 Å². The predicted octanol–water partition coefficient (Wildman–Crippen LogP) is 3.29. The Morgan fingerprint density at radius 3 is 2.61 bits per heavy atom. The number of rotatable bonds is 9. The monoisotopic (exact) mass is 500 g/mol. The average molecular weight is 500 g/mol. The molecule has 0 radical (unpaired) electrons. The van der Waals surface area contributed by atoms with Crippen molar-refractivity contribution in [2.24, 2.45) is 4.99 Å². The van der Waals surface area contributed by atoms with Gasteiger partial charge in [0.1, 0.15) is 18.2 Å². The first-order chi connectivity index (χ1) is 13.1. The molecule has 5 nitrogen and oxygen atoms in total. The molecule has 0 aromatic heterocycles. The van der Waals surface area contributed by atoms with Gasteiger partial charge < -0.3 is 20.3 Å². The molecule has 0 spiro atoms. The number of nitrogens with one attached hydrogen (secondary N) is 2. The van der Waals surface area contributed by atoms with Crippen LogP contribution in [0, 0.1) is 5.82 Å². The quantitative estimate of drug-likeness (QED) is 0.315. The highest BCUT2D eigenvalue weighted by molar-refractivity contribution is 14.0. The van der Waals surface area contributed by atoms with Crippen molar-refractivity contribution in [2.45, 2.75) is 13.0 Å². The van der Waals surface area contributed by atoms with Crippen LogP contribution < -0.4 is 15.4 Å². The summed E-state index contributed by atoms with van der Waals surface area (Å²) in [6, 6.07) is 14.6. The van der Waals surface area contributed by atoms with Gasteiger partial charge in [-0.2, -0.15) is 0 Å². The molecular weight excluding hydrogens is 470 g/mol. The van der Waals surface area contributed by atoms with Crippen molar-refractivity contribution in [3.63, 3.8) is 0 Å². The second kappa shape index (κ2) is 13.3. The van der Waals surface area contributed by atoms with E-state index in [1.807, 2.05) is 44.4 Å². The standard InChI is InChI=1S/C21H29FN4O.HI/c1-23-21(24-12-11-17-7-6-9-19(22)15-17)25-16-18-8-4-5-10-20(18)27-14-13-26(2)3;/h4-10,15H,11-14,16H2,1-3H3,(H2,23,24,25);1H. The first-order valence-electron chi connectivity index (χ1n) is 9.13. The lowest BCUT2D eigenvalue weighted by Crippen LogP contribution is -2.38. The molecule has 0 bridgehead atoms. The second-order valence-corrected chi connectivity index (χ2v) is 6.49. The summed E-state index contributed by atoms with van der Waals surface area (Å²) in [6.07, 6.45) is 0.725. The van der Waals surface area contributed by atoms with E-state index >= 15 is 0 Å². The summed E-state index contributed by atoms with van der Waals surface area (Å²) in [5.74, 6) is 1.37. The maximum atomic E-state index is 13.2. The summed E-state index contributed by atoms with van der Waals surface area (Å²) in [7, 11) is 5.78. The molecule has 2 rings (SSSR count). The Labute approximate surface area is 184 Å². The summed E-state index contributed by atoms with van der Waals surface area (Å²) in [4.78, 5) is 6.33. The molecule has 0 saturated carbocycles. The largest absolute Gasteiger partial charge is 0.492 e. The molecule has 2 N–H and O–H groups in total. The summed E-state index contributed by atoms with van der Waals surface area (Å²) in [6.45, 7) is 2.79. The Morgan fingerprint density at radius 1 is 1.11 bits per heavy atom. The van der Waals surface area contributed by atoms with Crippen molar-refractivity contribution in [2.75, 3.05) is 40.8 Å². The van der Waals surface area contributed by atoms with Gasteiger partial charge in [-0.25, -0.2) is 4.39 Å². The minimum Gasteiger partial charge on any atom is -0.492 e. The van der Waals surface area contributed by atoms with E-state index in [0.717, 1.165) is 29.8 Å². The molecule has 0 fully saturated rings. The van der Waals surface area contributed by atoms with E-state index in [9.17, 15) is 4.39 Å². The van der Waals surface area contributed by atoms with Crippen LogP contribution in [-0.4, -0.2) is 51.7 Å². The maximum absolute atomic E-state index is 13.2. The summed E-state index contributed by atoms with van der Waals surface area (Å²) < 4.78 is 19.1. The van der Waals surface area contributed by atoms with Crippen LogP contribution in [0.4, 0.5) is 4.39 Å². The van der Waals surface area contributed by atoms with E-state index in [0.29, 0.717) is 25.7 Å². The Morgan fingerprint density at radius 2 is 1.89 bits per heavy atom. The Kier molecular flexibility index (Phi) is 11.5. The molecule has 0 unspecified atom stereocenters. The van der Waals surface area contributed by atoms with Crippen LogP contribution >= 0.6 is 24.0 Å². The summed E-state index contributed by atoms with van der Waals surface area (Å²) in [5, 5.41) is 6.55. The molecule has 2 aromatic rings. The van der Waals surface area contributed by atoms with E-state index in [-0.39, 0.29) is 29.8 Å². The molecule has 154 valence electrons. The van der Waals surface area contributed by atoms with Gasteiger partial charge in [0, 0.05) is 32.2 Å². The van der Waals surface area contributed by atoms with Gasteiger partial charge in [0.2, 0.25) is 0 Å². The van der Waals surface area contributed by atoms with Gasteiger partial charge in [-0.05, 0) is 44.3 Å². The van der Waals surface area contributed by atoms with E-state index < -0.39 is 0 Å². The van der Waals surface area contributed by atoms with Crippen LogP contribution in [0.2, 0.25) is 0 Å². The van der Waals surface area contributed by atoms with E-state index in [2.05, 4.69) is 20.5 Å². The highest BCUT2D eigenvalue weighted by atomic mass is 127. The minimum atomic E-state index is -0.208. The highest BCUT2D eigenvalue weighted by Gasteiger charge is 2.05. The zero-order valence-electron chi connectivity index (χ0n) is 16.7. The number of halogens is 2. The van der Waals surface area contributed by atoms with Gasteiger partial charge in [-0.1, -0.05) is 30.3 Å². The lowest BCUT2D eigenvalue weighted by atomic mass is 10.1. The number of hydrogen-bond donors (Lipinski definition) is 2. The van der Waals surface area contributed by atoms with Crippen molar-refractivity contribution >= 4 is 29.9 Å². The van der Waals surface area contributed by atoms with Crippen LogP contribution in [0.25, 0.3) is 0 Å². The molecule has 0 saturated heterocycles. The van der Waals surface area contributed by atoms with E-state index in [1.54, 1.807) is 19.2 Å². The third-order valence-corrected chi connectivity index (χ3v) is 4.03. The summed E-state index contributed by atoms with van der Waals surface area (Å²) in [5.41, 5.74) is 2.03. The highest BCUT2D eigenvalue weighted by Crippen LogP contribution is 2.17. The van der Waals surface area contributed by atoms with Crippen molar-refractivity contribution in [3.8, 4) is 5.75 Å². The van der Waals surface area contributed by atoms with Gasteiger partial charge in [0.05, 0.1) is 0 Å². The zero-order chi connectivity index (χ0) is 19.5. The number of aliphatic imine (C=N–C) groups is 1. The molecule has 28 heavy (non-hydrogen) atoms. The first kappa shape index (κ1) is 24.2. The molecule has 0 atom stereocenters.